The van der Waals surface area contributed by atoms with Crippen LogP contribution in [-0.4, -0.2) is 11.0 Å². The molecule has 14 heteroatoms. The van der Waals surface area contributed by atoms with Crippen molar-refractivity contribution < 1.29 is 49.6 Å². The molecule has 1 unspecified atom stereocenters. The zero-order valence-corrected chi connectivity index (χ0v) is 15.4. The molecule has 0 saturated heterocycles. The highest BCUT2D eigenvalue weighted by molar-refractivity contribution is 7.48. The van der Waals surface area contributed by atoms with Gasteiger partial charge in [0.05, 0.1) is 11.1 Å². The highest BCUT2D eigenvalue weighted by atomic mass is 35.5. The van der Waals surface area contributed by atoms with Crippen LogP contribution in [0.2, 0.25) is 5.02 Å². The van der Waals surface area contributed by atoms with E-state index in [4.69, 9.17) is 11.6 Å². The molecule has 0 aliphatic carbocycles. The van der Waals surface area contributed by atoms with Crippen LogP contribution in [0.25, 0.3) is 0 Å². The van der Waals surface area contributed by atoms with Crippen molar-refractivity contribution in [2.45, 2.75) is 12.4 Å². The lowest BCUT2D eigenvalue weighted by atomic mass is 10.1. The summed E-state index contributed by atoms with van der Waals surface area (Å²) < 4.78 is 97.1. The van der Waals surface area contributed by atoms with Crippen LogP contribution in [-0.2, 0) is 21.4 Å². The van der Waals surface area contributed by atoms with Crippen molar-refractivity contribution in [1.82, 2.24) is 0 Å². The number of anilines is 1. The highest BCUT2D eigenvalue weighted by Gasteiger charge is 2.37. The topological polar surface area (TPSA) is 84.9 Å². The van der Waals surface area contributed by atoms with Crippen LogP contribution >= 0.6 is 19.4 Å². The van der Waals surface area contributed by atoms with Crippen molar-refractivity contribution in [2.24, 2.45) is 0 Å². The molecule has 0 aromatic heterocycles. The van der Waals surface area contributed by atoms with E-state index in [2.05, 4.69) is 9.05 Å². The summed E-state index contributed by atoms with van der Waals surface area (Å²) >= 11 is 5.60. The van der Waals surface area contributed by atoms with Crippen molar-refractivity contribution in [1.29, 1.82) is 0 Å². The van der Waals surface area contributed by atoms with Gasteiger partial charge in [0.25, 0.3) is 0 Å². The lowest BCUT2D eigenvalue weighted by Gasteiger charge is -2.16. The minimum Gasteiger partial charge on any atom is -0.395 e. The molecule has 0 bridgehead atoms. The highest BCUT2D eigenvalue weighted by Crippen LogP contribution is 2.44. The molecular weight excluding hydrogens is 455 g/mol. The maximum Gasteiger partial charge on any atom is 0.588 e. The number of rotatable bonds is 4. The molecule has 0 aliphatic rings. The summed E-state index contributed by atoms with van der Waals surface area (Å²) in [7, 11) is -5.11. The van der Waals surface area contributed by atoms with Crippen LogP contribution in [0.1, 0.15) is 11.1 Å². The molecule has 2 aromatic carbocycles. The fraction of sp³-hybridized carbons (Fsp3) is 0.133. The Labute approximate surface area is 163 Å². The normalized spacial score (nSPS) is 14.1. The van der Waals surface area contributed by atoms with Crippen LogP contribution in [0, 0.1) is 0 Å². The van der Waals surface area contributed by atoms with E-state index in [0.717, 1.165) is 12.1 Å². The quantitative estimate of drug-likeness (QED) is 0.422. The average molecular weight is 464 g/mol. The molecule has 2 rings (SSSR count). The Kier molecular flexibility index (Phi) is 6.41. The van der Waals surface area contributed by atoms with Crippen LogP contribution in [0.4, 0.5) is 36.8 Å². The van der Waals surface area contributed by atoms with Crippen molar-refractivity contribution in [3.8, 4) is 5.75 Å². The Balaban J connectivity index is 2.18. The number of amides is 1. The Morgan fingerprint density at radius 1 is 0.966 bits per heavy atom. The van der Waals surface area contributed by atoms with Crippen molar-refractivity contribution in [3.05, 3.63) is 58.6 Å². The number of carbonyl (C=O) groups is 1. The van der Waals surface area contributed by atoms with Gasteiger partial charge < -0.3 is 9.05 Å². The molecule has 0 fully saturated rings. The summed E-state index contributed by atoms with van der Waals surface area (Å²) in [6.45, 7) is 0. The summed E-state index contributed by atoms with van der Waals surface area (Å²) in [5, 5.41) is 1.78. The summed E-state index contributed by atoms with van der Waals surface area (Å²) in [6.07, 6.45) is -12.1. The molecule has 6 nitrogen and oxygen atoms in total. The van der Waals surface area contributed by atoms with E-state index in [-0.39, 0.29) is 29.0 Å². The molecule has 0 radical (unpaired) electrons. The van der Waals surface area contributed by atoms with Crippen molar-refractivity contribution >= 4 is 31.2 Å². The second kappa shape index (κ2) is 8.13. The van der Waals surface area contributed by atoms with E-state index in [1.165, 1.54) is 17.4 Å². The summed E-state index contributed by atoms with van der Waals surface area (Å²) in [5.74, 6) is -0.244. The van der Waals surface area contributed by atoms with E-state index in [0.29, 0.717) is 0 Å². The van der Waals surface area contributed by atoms with Crippen LogP contribution < -0.4 is 9.84 Å². The first-order chi connectivity index (χ1) is 13.2. The summed E-state index contributed by atoms with van der Waals surface area (Å²) in [5.41, 5.74) is -4.37. The maximum atomic E-state index is 12.8. The predicted molar refractivity (Wildman–Crippen MR) is 88.5 cm³/mol. The molecule has 0 saturated carbocycles. The van der Waals surface area contributed by atoms with E-state index in [1.807, 2.05) is 0 Å². The Morgan fingerprint density at radius 3 is 1.90 bits per heavy atom. The first-order valence-corrected chi connectivity index (χ1v) is 9.11. The third kappa shape index (κ3) is 6.84. The molecule has 0 aliphatic heterocycles. The number of benzene rings is 2. The van der Waals surface area contributed by atoms with Gasteiger partial charge in [-0.3, -0.25) is 10.2 Å². The third-order valence-electron chi connectivity index (χ3n) is 3.07. The molecule has 1 amide bonds. The monoisotopic (exact) mass is 463 g/mol. The smallest absolute Gasteiger partial charge is 0.395 e. The number of phosphoric ester groups is 1. The third-order valence-corrected chi connectivity index (χ3v) is 4.16. The standard InChI is InChI=1S/C15H9ClF6NO5P/c16-10-1-3-12(4-2-10)27-29(25,26)28-13(24)23-11-6-8(14(17,18)19)5-9(7-11)15(20,21)22/h1-7H,(H,23,24)(H,25,26). The average Bonchev–Trinajstić information content (AvgIpc) is 2.54. The van der Waals surface area contributed by atoms with E-state index in [1.54, 1.807) is 0 Å². The lowest BCUT2D eigenvalue weighted by Crippen LogP contribution is -2.16. The SMILES string of the molecule is O=C(Nc1cc(C(F)(F)F)cc(C(F)(F)F)c1)OP(=O)(O)Oc1ccc(Cl)cc1. The van der Waals surface area contributed by atoms with Gasteiger partial charge >= 0.3 is 26.3 Å². The largest absolute Gasteiger partial charge is 0.588 e. The molecule has 158 valence electrons. The Hall–Kier alpha value is -2.43. The van der Waals surface area contributed by atoms with E-state index < -0.39 is 43.1 Å². The molecule has 29 heavy (non-hydrogen) atoms. The molecule has 2 aromatic rings. The van der Waals surface area contributed by atoms with Gasteiger partial charge in [0, 0.05) is 10.7 Å². The Bertz CT molecular complexity index is 915. The number of hydrogen-bond acceptors (Lipinski definition) is 4. The van der Waals surface area contributed by atoms with E-state index >= 15 is 0 Å². The van der Waals surface area contributed by atoms with Gasteiger partial charge in [-0.05, 0) is 42.5 Å². The van der Waals surface area contributed by atoms with Gasteiger partial charge in [-0.1, -0.05) is 11.6 Å². The number of nitrogens with one attached hydrogen (secondary N) is 1. The minimum absolute atomic E-state index is 0.156. The second-order valence-corrected chi connectivity index (χ2v) is 7.05. The summed E-state index contributed by atoms with van der Waals surface area (Å²) in [6, 6.07) is 5.08. The van der Waals surface area contributed by atoms with Gasteiger partial charge in [0.1, 0.15) is 5.75 Å². The summed E-state index contributed by atoms with van der Waals surface area (Å²) in [4.78, 5) is 21.2. The van der Waals surface area contributed by atoms with E-state index in [9.17, 15) is 40.6 Å². The fourth-order valence-corrected chi connectivity index (χ4v) is 2.73. The maximum absolute atomic E-state index is 12.8. The van der Waals surface area contributed by atoms with Gasteiger partial charge in [-0.15, -0.1) is 0 Å². The molecule has 0 heterocycles. The van der Waals surface area contributed by atoms with Crippen LogP contribution in [0.3, 0.4) is 0 Å². The zero-order chi connectivity index (χ0) is 22.0. The molecule has 0 spiro atoms. The molecular formula is C15H9ClF6NO5P. The first-order valence-electron chi connectivity index (χ1n) is 7.24. The first kappa shape index (κ1) is 22.9. The fourth-order valence-electron chi connectivity index (χ4n) is 1.92. The number of alkyl halides is 6. The van der Waals surface area contributed by atoms with Crippen molar-refractivity contribution in [2.75, 3.05) is 5.32 Å². The molecule has 1 atom stereocenters. The van der Waals surface area contributed by atoms with Gasteiger partial charge in [0.15, 0.2) is 0 Å². The van der Waals surface area contributed by atoms with Gasteiger partial charge in [-0.25, -0.2) is 9.36 Å². The van der Waals surface area contributed by atoms with Crippen LogP contribution in [0.5, 0.6) is 5.75 Å². The number of phosphoric acid groups is 1. The predicted octanol–water partition coefficient (Wildman–Crippen LogP) is 6.11. The lowest BCUT2D eigenvalue weighted by molar-refractivity contribution is -0.143. The minimum atomic E-state index is -5.15. The zero-order valence-electron chi connectivity index (χ0n) is 13.7. The van der Waals surface area contributed by atoms with Gasteiger partial charge in [0.2, 0.25) is 0 Å². The second-order valence-electron chi connectivity index (χ2n) is 5.31. The number of hydrogen-bond donors (Lipinski definition) is 2. The number of carbonyl (C=O) groups excluding carboxylic acids is 1. The molecule has 2 N–H and O–H groups in total. The Morgan fingerprint density at radius 2 is 1.45 bits per heavy atom. The van der Waals surface area contributed by atoms with Crippen molar-refractivity contribution in [3.63, 3.8) is 0 Å². The van der Waals surface area contributed by atoms with Gasteiger partial charge in [-0.2, -0.15) is 26.3 Å². The van der Waals surface area contributed by atoms with Crippen LogP contribution in [0.15, 0.2) is 42.5 Å². The number of halogens is 7.